The lowest BCUT2D eigenvalue weighted by molar-refractivity contribution is 0.0362. The van der Waals surface area contributed by atoms with Gasteiger partial charge in [-0.2, -0.15) is 0 Å². The van der Waals surface area contributed by atoms with E-state index in [9.17, 15) is 4.57 Å². The van der Waals surface area contributed by atoms with Crippen LogP contribution in [0.4, 0.5) is 0 Å². The van der Waals surface area contributed by atoms with E-state index in [0.717, 1.165) is 14.2 Å². The molecule has 74 valence electrons. The monoisotopic (exact) mass is 200 g/mol. The second-order valence-electron chi connectivity index (χ2n) is 1.94. The molecule has 0 heterocycles. The highest BCUT2D eigenvalue weighted by Crippen LogP contribution is 2.47. The lowest BCUT2D eigenvalue weighted by Crippen LogP contribution is -2.18. The summed E-state index contributed by atoms with van der Waals surface area (Å²) in [6.45, 7) is -0.761. The summed E-state index contributed by atoms with van der Waals surface area (Å²) in [6, 6.07) is 0. The minimum absolute atomic E-state index is 0.296. The summed E-state index contributed by atoms with van der Waals surface area (Å²) in [5.41, 5.74) is 0. The molecule has 0 fully saturated rings. The van der Waals surface area contributed by atoms with Crippen LogP contribution in [0.25, 0.3) is 0 Å². The van der Waals surface area contributed by atoms with Crippen LogP contribution in [-0.4, -0.2) is 43.8 Å². The smallest absolute Gasteiger partial charge is 0.394 e. The SMILES string of the molecule is COP(=O)(OC)OC[C@@H](O)CO. The standard InChI is InChI=1S/C5H13O6P/c1-9-12(8,10-2)11-4-5(7)3-6/h5-7H,3-4H2,1-2H3/t5-/m0/s1. The van der Waals surface area contributed by atoms with Crippen molar-refractivity contribution < 1.29 is 28.3 Å². The summed E-state index contributed by atoms with van der Waals surface area (Å²) >= 11 is 0. The van der Waals surface area contributed by atoms with Gasteiger partial charge in [-0.25, -0.2) is 4.57 Å². The molecule has 0 unspecified atom stereocenters. The molecule has 6 nitrogen and oxygen atoms in total. The highest BCUT2D eigenvalue weighted by atomic mass is 31.2. The van der Waals surface area contributed by atoms with Gasteiger partial charge in [-0.1, -0.05) is 0 Å². The summed E-state index contributed by atoms with van der Waals surface area (Å²) in [6.07, 6.45) is -1.08. The predicted octanol–water partition coefficient (Wildman–Crippen LogP) is -0.243. The van der Waals surface area contributed by atoms with Crippen molar-refractivity contribution in [3.8, 4) is 0 Å². The van der Waals surface area contributed by atoms with Gasteiger partial charge in [-0.15, -0.1) is 0 Å². The minimum Gasteiger partial charge on any atom is -0.394 e. The van der Waals surface area contributed by atoms with Crippen LogP contribution in [0, 0.1) is 0 Å². The Hall–Kier alpha value is 0.0300. The molecule has 0 aromatic rings. The summed E-state index contributed by atoms with van der Waals surface area (Å²) in [5.74, 6) is 0. The molecule has 0 amide bonds. The molecule has 7 heteroatoms. The zero-order chi connectivity index (χ0) is 9.61. The van der Waals surface area contributed by atoms with Gasteiger partial charge in [0, 0.05) is 14.2 Å². The molecular formula is C5H13O6P. The number of aliphatic hydroxyl groups excluding tert-OH is 2. The van der Waals surface area contributed by atoms with Crippen molar-refractivity contribution in [3.63, 3.8) is 0 Å². The quantitative estimate of drug-likeness (QED) is 0.575. The van der Waals surface area contributed by atoms with E-state index in [1.807, 2.05) is 0 Å². The molecule has 0 saturated carbocycles. The first-order valence-electron chi connectivity index (χ1n) is 3.23. The van der Waals surface area contributed by atoms with E-state index < -0.39 is 20.5 Å². The Bertz CT molecular complexity index is 152. The summed E-state index contributed by atoms with van der Waals surface area (Å²) in [7, 11) is -1.19. The van der Waals surface area contributed by atoms with Crippen molar-refractivity contribution in [1.82, 2.24) is 0 Å². The average molecular weight is 200 g/mol. The van der Waals surface area contributed by atoms with Crippen LogP contribution >= 0.6 is 7.82 Å². The van der Waals surface area contributed by atoms with Gasteiger partial charge < -0.3 is 10.2 Å². The maximum absolute atomic E-state index is 11.1. The Morgan fingerprint density at radius 3 is 2.25 bits per heavy atom. The molecule has 0 rings (SSSR count). The van der Waals surface area contributed by atoms with Crippen LogP contribution in [0.3, 0.4) is 0 Å². The Morgan fingerprint density at radius 1 is 1.42 bits per heavy atom. The summed E-state index contributed by atoms with van der Waals surface area (Å²) in [5, 5.41) is 17.2. The van der Waals surface area contributed by atoms with Gasteiger partial charge in [0.05, 0.1) is 13.2 Å². The second-order valence-corrected chi connectivity index (χ2v) is 3.83. The second kappa shape index (κ2) is 5.64. The fourth-order valence-corrected chi connectivity index (χ4v) is 1.12. The molecule has 0 spiro atoms. The molecule has 2 N–H and O–H groups in total. The van der Waals surface area contributed by atoms with E-state index >= 15 is 0 Å². The fourth-order valence-electron chi connectivity index (χ4n) is 0.410. The van der Waals surface area contributed by atoms with Gasteiger partial charge in [-0.3, -0.25) is 13.6 Å². The third kappa shape index (κ3) is 4.15. The number of hydrogen-bond donors (Lipinski definition) is 2. The average Bonchev–Trinajstić information content (AvgIpc) is 2.13. The van der Waals surface area contributed by atoms with Crippen molar-refractivity contribution >= 4 is 7.82 Å². The Kier molecular flexibility index (Phi) is 5.65. The van der Waals surface area contributed by atoms with E-state index in [2.05, 4.69) is 13.6 Å². The highest BCUT2D eigenvalue weighted by molar-refractivity contribution is 7.48. The van der Waals surface area contributed by atoms with Crippen LogP contribution in [0.1, 0.15) is 0 Å². The molecule has 0 aliphatic heterocycles. The van der Waals surface area contributed by atoms with E-state index in [-0.39, 0.29) is 6.61 Å². The third-order valence-corrected chi connectivity index (χ3v) is 2.44. The van der Waals surface area contributed by atoms with Crippen LogP contribution in [0.2, 0.25) is 0 Å². The molecule has 0 aromatic heterocycles. The van der Waals surface area contributed by atoms with Crippen LogP contribution < -0.4 is 0 Å². The first kappa shape index (κ1) is 12.0. The molecule has 0 bridgehead atoms. The molecule has 0 saturated heterocycles. The van der Waals surface area contributed by atoms with E-state index in [1.165, 1.54) is 0 Å². The summed E-state index contributed by atoms with van der Waals surface area (Å²) in [4.78, 5) is 0. The largest absolute Gasteiger partial charge is 0.474 e. The molecule has 0 aromatic carbocycles. The maximum atomic E-state index is 11.1. The molecule has 0 aliphatic rings. The van der Waals surface area contributed by atoms with Crippen molar-refractivity contribution in [2.45, 2.75) is 6.10 Å². The van der Waals surface area contributed by atoms with Gasteiger partial charge in [0.1, 0.15) is 6.10 Å². The molecular weight excluding hydrogens is 187 g/mol. The number of rotatable bonds is 6. The Labute approximate surface area is 70.7 Å². The van der Waals surface area contributed by atoms with Gasteiger partial charge in [0.25, 0.3) is 0 Å². The number of phosphoric ester groups is 1. The van der Waals surface area contributed by atoms with Crippen molar-refractivity contribution in [2.75, 3.05) is 27.4 Å². The van der Waals surface area contributed by atoms with Crippen LogP contribution in [-0.2, 0) is 18.1 Å². The Balaban J connectivity index is 3.81. The van der Waals surface area contributed by atoms with Gasteiger partial charge in [-0.05, 0) is 0 Å². The fraction of sp³-hybridized carbons (Fsp3) is 1.00. The van der Waals surface area contributed by atoms with E-state index in [0.29, 0.717) is 0 Å². The molecule has 12 heavy (non-hydrogen) atoms. The van der Waals surface area contributed by atoms with Gasteiger partial charge in [0.15, 0.2) is 0 Å². The zero-order valence-corrected chi connectivity index (χ0v) is 7.86. The van der Waals surface area contributed by atoms with Gasteiger partial charge >= 0.3 is 7.82 Å². The lowest BCUT2D eigenvalue weighted by atomic mass is 10.4. The minimum atomic E-state index is -3.52. The highest BCUT2D eigenvalue weighted by Gasteiger charge is 2.23. The van der Waals surface area contributed by atoms with Crippen LogP contribution in [0.15, 0.2) is 0 Å². The first-order valence-corrected chi connectivity index (χ1v) is 4.69. The van der Waals surface area contributed by atoms with Crippen LogP contribution in [0.5, 0.6) is 0 Å². The number of phosphoric acid groups is 1. The summed E-state index contributed by atoms with van der Waals surface area (Å²) < 4.78 is 24.5. The lowest BCUT2D eigenvalue weighted by Gasteiger charge is -2.14. The maximum Gasteiger partial charge on any atom is 0.474 e. The number of hydrogen-bond acceptors (Lipinski definition) is 6. The van der Waals surface area contributed by atoms with Crippen molar-refractivity contribution in [2.24, 2.45) is 0 Å². The molecule has 1 atom stereocenters. The first-order chi connectivity index (χ1) is 5.58. The van der Waals surface area contributed by atoms with E-state index in [1.54, 1.807) is 0 Å². The third-order valence-electron chi connectivity index (χ3n) is 1.08. The zero-order valence-electron chi connectivity index (χ0n) is 6.97. The number of aliphatic hydroxyl groups is 2. The predicted molar refractivity (Wildman–Crippen MR) is 40.7 cm³/mol. The topological polar surface area (TPSA) is 85.2 Å². The van der Waals surface area contributed by atoms with E-state index in [4.69, 9.17) is 10.2 Å². The molecule has 0 aliphatic carbocycles. The van der Waals surface area contributed by atoms with Crippen molar-refractivity contribution in [1.29, 1.82) is 0 Å². The molecule has 0 radical (unpaired) electrons. The normalized spacial score (nSPS) is 14.7. The Morgan fingerprint density at radius 2 is 1.92 bits per heavy atom. The van der Waals surface area contributed by atoms with Gasteiger partial charge in [0.2, 0.25) is 0 Å². The van der Waals surface area contributed by atoms with Crippen molar-refractivity contribution in [3.05, 3.63) is 0 Å².